The lowest BCUT2D eigenvalue weighted by Crippen LogP contribution is -2.36. The Labute approximate surface area is 148 Å². The number of benzene rings is 2. The van der Waals surface area contributed by atoms with E-state index in [1.165, 1.54) is 5.56 Å². The fraction of sp³-hybridized carbons (Fsp3) is 0.143. The highest BCUT2D eigenvalue weighted by atomic mass is 16.2. The summed E-state index contributed by atoms with van der Waals surface area (Å²) < 4.78 is 0. The summed E-state index contributed by atoms with van der Waals surface area (Å²) in [5.41, 5.74) is 3.19. The van der Waals surface area contributed by atoms with E-state index in [-0.39, 0.29) is 5.91 Å². The van der Waals surface area contributed by atoms with Gasteiger partial charge in [-0.2, -0.15) is 0 Å². The van der Waals surface area contributed by atoms with Crippen LogP contribution in [-0.4, -0.2) is 17.4 Å². The summed E-state index contributed by atoms with van der Waals surface area (Å²) in [5, 5.41) is 2.96. The van der Waals surface area contributed by atoms with Gasteiger partial charge in [-0.25, -0.2) is 0 Å². The van der Waals surface area contributed by atoms with E-state index < -0.39 is 0 Å². The van der Waals surface area contributed by atoms with Gasteiger partial charge >= 0.3 is 0 Å². The SMILES string of the molecule is O=C(CN(Cc1ccccc1)c1ccccc1)NCc1cccnc1. The lowest BCUT2D eigenvalue weighted by atomic mass is 10.2. The second-order valence-electron chi connectivity index (χ2n) is 5.82. The number of amides is 1. The standard InChI is InChI=1S/C21H21N3O/c25-21(23-15-19-10-7-13-22-14-19)17-24(20-11-5-2-6-12-20)16-18-8-3-1-4-9-18/h1-14H,15-17H2,(H,23,25). The third kappa shape index (κ3) is 5.18. The number of nitrogens with zero attached hydrogens (tertiary/aromatic N) is 2. The number of carbonyl (C=O) groups excluding carboxylic acids is 1. The molecule has 0 aliphatic carbocycles. The van der Waals surface area contributed by atoms with Gasteiger partial charge < -0.3 is 10.2 Å². The van der Waals surface area contributed by atoms with Crippen LogP contribution in [0.2, 0.25) is 0 Å². The van der Waals surface area contributed by atoms with Crippen LogP contribution >= 0.6 is 0 Å². The molecule has 0 bridgehead atoms. The number of aromatic nitrogens is 1. The maximum atomic E-state index is 12.4. The molecule has 25 heavy (non-hydrogen) atoms. The van der Waals surface area contributed by atoms with E-state index in [2.05, 4.69) is 27.3 Å². The largest absolute Gasteiger partial charge is 0.358 e. The first-order valence-electron chi connectivity index (χ1n) is 8.31. The fourth-order valence-electron chi connectivity index (χ4n) is 2.61. The summed E-state index contributed by atoms with van der Waals surface area (Å²) in [6.07, 6.45) is 3.49. The molecule has 0 atom stereocenters. The van der Waals surface area contributed by atoms with E-state index in [1.54, 1.807) is 12.4 Å². The number of pyridine rings is 1. The summed E-state index contributed by atoms with van der Waals surface area (Å²) >= 11 is 0. The van der Waals surface area contributed by atoms with Crippen LogP contribution in [-0.2, 0) is 17.9 Å². The highest BCUT2D eigenvalue weighted by molar-refractivity contribution is 5.81. The number of carbonyl (C=O) groups is 1. The molecular formula is C21H21N3O. The predicted octanol–water partition coefficient (Wildman–Crippen LogP) is 3.40. The Morgan fingerprint density at radius 1 is 0.880 bits per heavy atom. The van der Waals surface area contributed by atoms with Crippen molar-refractivity contribution in [1.82, 2.24) is 10.3 Å². The zero-order valence-corrected chi connectivity index (χ0v) is 14.0. The zero-order chi connectivity index (χ0) is 17.3. The van der Waals surface area contributed by atoms with Crippen molar-refractivity contribution in [2.24, 2.45) is 0 Å². The van der Waals surface area contributed by atoms with Gasteiger partial charge in [0.2, 0.25) is 5.91 Å². The highest BCUT2D eigenvalue weighted by Gasteiger charge is 2.12. The minimum atomic E-state index is -0.0105. The summed E-state index contributed by atoms with van der Waals surface area (Å²) in [7, 11) is 0. The van der Waals surface area contributed by atoms with E-state index in [1.807, 2.05) is 60.7 Å². The van der Waals surface area contributed by atoms with Gasteiger partial charge in [0.15, 0.2) is 0 Å². The van der Waals surface area contributed by atoms with E-state index in [4.69, 9.17) is 0 Å². The summed E-state index contributed by atoms with van der Waals surface area (Å²) in [6.45, 7) is 1.48. The van der Waals surface area contributed by atoms with Crippen molar-refractivity contribution in [2.75, 3.05) is 11.4 Å². The van der Waals surface area contributed by atoms with Crippen molar-refractivity contribution in [3.8, 4) is 0 Å². The van der Waals surface area contributed by atoms with Gasteiger partial charge in [-0.05, 0) is 29.3 Å². The van der Waals surface area contributed by atoms with Crippen molar-refractivity contribution in [3.05, 3.63) is 96.3 Å². The summed E-state index contributed by atoms with van der Waals surface area (Å²) in [5.74, 6) is -0.0105. The van der Waals surface area contributed by atoms with Crippen molar-refractivity contribution < 1.29 is 4.79 Å². The lowest BCUT2D eigenvalue weighted by Gasteiger charge is -2.24. The van der Waals surface area contributed by atoms with Crippen LogP contribution < -0.4 is 10.2 Å². The van der Waals surface area contributed by atoms with Gasteiger partial charge in [0, 0.05) is 31.2 Å². The first kappa shape index (κ1) is 16.7. The second-order valence-corrected chi connectivity index (χ2v) is 5.82. The summed E-state index contributed by atoms with van der Waals surface area (Å²) in [4.78, 5) is 18.6. The van der Waals surface area contributed by atoms with Gasteiger partial charge in [0.25, 0.3) is 0 Å². The number of para-hydroxylation sites is 1. The maximum absolute atomic E-state index is 12.4. The molecule has 0 aliphatic heterocycles. The van der Waals surface area contributed by atoms with E-state index >= 15 is 0 Å². The molecule has 0 radical (unpaired) electrons. The molecule has 126 valence electrons. The number of nitrogens with one attached hydrogen (secondary N) is 1. The van der Waals surface area contributed by atoms with Crippen LogP contribution in [0.5, 0.6) is 0 Å². The normalized spacial score (nSPS) is 10.2. The molecule has 3 rings (SSSR count). The smallest absolute Gasteiger partial charge is 0.239 e. The number of hydrogen-bond acceptors (Lipinski definition) is 3. The first-order chi connectivity index (χ1) is 12.3. The Kier molecular flexibility index (Phi) is 5.77. The van der Waals surface area contributed by atoms with Crippen molar-refractivity contribution in [1.29, 1.82) is 0 Å². The molecule has 0 spiro atoms. The Hall–Kier alpha value is -3.14. The van der Waals surface area contributed by atoms with Crippen LogP contribution in [0.3, 0.4) is 0 Å². The average Bonchev–Trinajstić information content (AvgIpc) is 2.68. The Morgan fingerprint density at radius 2 is 1.56 bits per heavy atom. The number of anilines is 1. The van der Waals surface area contributed by atoms with Gasteiger partial charge in [0.05, 0.1) is 6.54 Å². The molecule has 0 fully saturated rings. The highest BCUT2D eigenvalue weighted by Crippen LogP contribution is 2.16. The average molecular weight is 331 g/mol. The minimum absolute atomic E-state index is 0.0105. The fourth-order valence-corrected chi connectivity index (χ4v) is 2.61. The molecule has 1 amide bonds. The van der Waals surface area contributed by atoms with Gasteiger partial charge in [-0.15, -0.1) is 0 Å². The van der Waals surface area contributed by atoms with Crippen LogP contribution in [0.1, 0.15) is 11.1 Å². The first-order valence-corrected chi connectivity index (χ1v) is 8.31. The lowest BCUT2D eigenvalue weighted by molar-refractivity contribution is -0.119. The summed E-state index contributed by atoms with van der Waals surface area (Å²) in [6, 6.07) is 24.0. The van der Waals surface area contributed by atoms with Crippen LogP contribution in [0.4, 0.5) is 5.69 Å². The Morgan fingerprint density at radius 3 is 2.24 bits per heavy atom. The monoisotopic (exact) mass is 331 g/mol. The molecule has 0 unspecified atom stereocenters. The van der Waals surface area contributed by atoms with Crippen LogP contribution in [0, 0.1) is 0 Å². The molecule has 4 nitrogen and oxygen atoms in total. The third-order valence-electron chi connectivity index (χ3n) is 3.88. The van der Waals surface area contributed by atoms with E-state index in [0.29, 0.717) is 19.6 Å². The number of hydrogen-bond donors (Lipinski definition) is 1. The maximum Gasteiger partial charge on any atom is 0.239 e. The molecule has 2 aromatic carbocycles. The molecule has 1 aromatic heterocycles. The van der Waals surface area contributed by atoms with Crippen LogP contribution in [0.15, 0.2) is 85.2 Å². The van der Waals surface area contributed by atoms with E-state index in [0.717, 1.165) is 11.3 Å². The zero-order valence-electron chi connectivity index (χ0n) is 14.0. The topological polar surface area (TPSA) is 45.2 Å². The van der Waals surface area contributed by atoms with E-state index in [9.17, 15) is 4.79 Å². The molecule has 0 saturated carbocycles. The Bertz CT molecular complexity index is 776. The molecule has 1 N–H and O–H groups in total. The van der Waals surface area contributed by atoms with Gasteiger partial charge in [0.1, 0.15) is 0 Å². The quantitative estimate of drug-likeness (QED) is 0.722. The molecule has 0 aliphatic rings. The van der Waals surface area contributed by atoms with Crippen molar-refractivity contribution in [2.45, 2.75) is 13.1 Å². The molecule has 1 heterocycles. The Balaban J connectivity index is 1.66. The molecule has 3 aromatic rings. The third-order valence-corrected chi connectivity index (χ3v) is 3.88. The molecule has 4 heteroatoms. The van der Waals surface area contributed by atoms with Crippen molar-refractivity contribution >= 4 is 11.6 Å². The second kappa shape index (κ2) is 8.64. The minimum Gasteiger partial charge on any atom is -0.358 e. The van der Waals surface area contributed by atoms with Crippen LogP contribution in [0.25, 0.3) is 0 Å². The predicted molar refractivity (Wildman–Crippen MR) is 100 cm³/mol. The molecular weight excluding hydrogens is 310 g/mol. The molecule has 0 saturated heterocycles. The van der Waals surface area contributed by atoms with Gasteiger partial charge in [-0.1, -0.05) is 54.6 Å². The number of rotatable bonds is 7. The van der Waals surface area contributed by atoms with Gasteiger partial charge in [-0.3, -0.25) is 9.78 Å². The van der Waals surface area contributed by atoms with Crippen molar-refractivity contribution in [3.63, 3.8) is 0 Å².